The smallest absolute Gasteiger partial charge is 0.337 e. The Morgan fingerprint density at radius 2 is 1.90 bits per heavy atom. The van der Waals surface area contributed by atoms with Crippen LogP contribution in [0.2, 0.25) is 0 Å². The normalized spacial score (nSPS) is 16.4. The molecule has 1 fully saturated rings. The molecule has 1 aliphatic heterocycles. The van der Waals surface area contributed by atoms with Crippen LogP contribution in [0.4, 0.5) is 5.69 Å². The molecule has 1 amide bonds. The molecule has 0 aliphatic carbocycles. The quantitative estimate of drug-likeness (QED) is 0.894. The Kier molecular flexibility index (Phi) is 4.83. The standard InChI is InChI=1S/C16H22N2O3/c1-11-6-7-13(16(20)21)14(10-11)17-12(2)15(19)18-8-4-3-5-9-18/h6-7,10,12,17H,3-5,8-9H2,1-2H3,(H,20,21). The second kappa shape index (κ2) is 6.61. The fourth-order valence-electron chi connectivity index (χ4n) is 2.65. The number of hydrogen-bond acceptors (Lipinski definition) is 3. The van der Waals surface area contributed by atoms with Crippen molar-refractivity contribution in [1.29, 1.82) is 0 Å². The van der Waals surface area contributed by atoms with Crippen LogP contribution in [0.25, 0.3) is 0 Å². The van der Waals surface area contributed by atoms with Crippen LogP contribution < -0.4 is 5.32 Å². The molecule has 1 aliphatic rings. The van der Waals surface area contributed by atoms with Crippen LogP contribution in [-0.4, -0.2) is 41.0 Å². The molecule has 2 rings (SSSR count). The van der Waals surface area contributed by atoms with Gasteiger partial charge >= 0.3 is 5.97 Å². The number of piperidine rings is 1. The number of aryl methyl sites for hydroxylation is 1. The van der Waals surface area contributed by atoms with Gasteiger partial charge in [-0.3, -0.25) is 4.79 Å². The second-order valence-corrected chi connectivity index (χ2v) is 5.61. The number of amides is 1. The monoisotopic (exact) mass is 290 g/mol. The van der Waals surface area contributed by atoms with Gasteiger partial charge in [0.15, 0.2) is 0 Å². The van der Waals surface area contributed by atoms with Crippen molar-refractivity contribution in [3.05, 3.63) is 29.3 Å². The SMILES string of the molecule is Cc1ccc(C(=O)O)c(NC(C)C(=O)N2CCCCC2)c1. The summed E-state index contributed by atoms with van der Waals surface area (Å²) in [5.74, 6) is -0.956. The summed E-state index contributed by atoms with van der Waals surface area (Å²) in [6.07, 6.45) is 3.26. The van der Waals surface area contributed by atoms with Gasteiger partial charge in [-0.25, -0.2) is 4.79 Å². The van der Waals surface area contributed by atoms with Gasteiger partial charge in [0.25, 0.3) is 0 Å². The molecule has 5 nitrogen and oxygen atoms in total. The first-order chi connectivity index (χ1) is 9.99. The number of rotatable bonds is 4. The zero-order valence-electron chi connectivity index (χ0n) is 12.6. The van der Waals surface area contributed by atoms with Crippen LogP contribution in [0, 0.1) is 6.92 Å². The van der Waals surface area contributed by atoms with E-state index in [1.807, 2.05) is 11.8 Å². The number of aromatic carboxylic acids is 1. The molecule has 5 heteroatoms. The van der Waals surface area contributed by atoms with Crippen LogP contribution in [0.15, 0.2) is 18.2 Å². The predicted octanol–water partition coefficient (Wildman–Crippen LogP) is 2.51. The van der Waals surface area contributed by atoms with Crippen molar-refractivity contribution in [2.45, 2.75) is 39.2 Å². The summed E-state index contributed by atoms with van der Waals surface area (Å²) in [6.45, 7) is 5.27. The van der Waals surface area contributed by atoms with Gasteiger partial charge in [0, 0.05) is 18.8 Å². The topological polar surface area (TPSA) is 69.6 Å². The van der Waals surface area contributed by atoms with E-state index in [1.165, 1.54) is 6.42 Å². The molecule has 0 bridgehead atoms. The van der Waals surface area contributed by atoms with Crippen molar-refractivity contribution in [2.75, 3.05) is 18.4 Å². The van der Waals surface area contributed by atoms with Crippen molar-refractivity contribution >= 4 is 17.6 Å². The summed E-state index contributed by atoms with van der Waals surface area (Å²) in [5, 5.41) is 12.3. The average molecular weight is 290 g/mol. The average Bonchev–Trinajstić information content (AvgIpc) is 2.47. The summed E-state index contributed by atoms with van der Waals surface area (Å²) in [7, 11) is 0. The lowest BCUT2D eigenvalue weighted by Crippen LogP contribution is -2.44. The lowest BCUT2D eigenvalue weighted by molar-refractivity contribution is -0.132. The van der Waals surface area contributed by atoms with Gasteiger partial charge in [-0.05, 0) is 50.8 Å². The Labute approximate surface area is 125 Å². The minimum absolute atomic E-state index is 0.0348. The minimum atomic E-state index is -0.991. The lowest BCUT2D eigenvalue weighted by atomic mass is 10.1. The first kappa shape index (κ1) is 15.4. The number of hydrogen-bond donors (Lipinski definition) is 2. The highest BCUT2D eigenvalue weighted by molar-refractivity contribution is 5.95. The number of carboxylic acids is 1. The van der Waals surface area contributed by atoms with Gasteiger partial charge in [-0.2, -0.15) is 0 Å². The first-order valence-corrected chi connectivity index (χ1v) is 7.38. The van der Waals surface area contributed by atoms with Crippen molar-refractivity contribution < 1.29 is 14.7 Å². The molecule has 1 aromatic rings. The highest BCUT2D eigenvalue weighted by Gasteiger charge is 2.23. The third-order valence-corrected chi connectivity index (χ3v) is 3.82. The molecule has 21 heavy (non-hydrogen) atoms. The number of likely N-dealkylation sites (tertiary alicyclic amines) is 1. The van der Waals surface area contributed by atoms with Crippen LogP contribution in [-0.2, 0) is 4.79 Å². The fraction of sp³-hybridized carbons (Fsp3) is 0.500. The lowest BCUT2D eigenvalue weighted by Gasteiger charge is -2.30. The Hall–Kier alpha value is -2.04. The van der Waals surface area contributed by atoms with Gasteiger partial charge in [0.2, 0.25) is 5.91 Å². The zero-order chi connectivity index (χ0) is 15.4. The highest BCUT2D eigenvalue weighted by atomic mass is 16.4. The molecule has 1 atom stereocenters. The van der Waals surface area contributed by atoms with Crippen molar-refractivity contribution in [3.63, 3.8) is 0 Å². The van der Waals surface area contributed by atoms with Crippen LogP contribution >= 0.6 is 0 Å². The number of benzene rings is 1. The molecule has 114 valence electrons. The van der Waals surface area contributed by atoms with E-state index in [4.69, 9.17) is 0 Å². The van der Waals surface area contributed by atoms with Gasteiger partial charge in [0.05, 0.1) is 5.56 Å². The number of carbonyl (C=O) groups excluding carboxylic acids is 1. The van der Waals surface area contributed by atoms with Crippen molar-refractivity contribution in [1.82, 2.24) is 4.90 Å². The van der Waals surface area contributed by atoms with Gasteiger partial charge < -0.3 is 15.3 Å². The molecular formula is C16H22N2O3. The number of carboxylic acid groups (broad SMARTS) is 1. The van der Waals surface area contributed by atoms with E-state index in [2.05, 4.69) is 5.32 Å². The molecule has 0 saturated carbocycles. The molecule has 0 radical (unpaired) electrons. The molecule has 1 saturated heterocycles. The maximum absolute atomic E-state index is 12.4. The maximum Gasteiger partial charge on any atom is 0.337 e. The molecule has 1 unspecified atom stereocenters. The van der Waals surface area contributed by atoms with E-state index in [0.29, 0.717) is 5.69 Å². The minimum Gasteiger partial charge on any atom is -0.478 e. The Morgan fingerprint density at radius 1 is 1.24 bits per heavy atom. The summed E-state index contributed by atoms with van der Waals surface area (Å²) in [5.41, 5.74) is 1.65. The highest BCUT2D eigenvalue weighted by Crippen LogP contribution is 2.20. The summed E-state index contributed by atoms with van der Waals surface area (Å²) >= 11 is 0. The predicted molar refractivity (Wildman–Crippen MR) is 81.7 cm³/mol. The molecule has 0 spiro atoms. The largest absolute Gasteiger partial charge is 0.478 e. The van der Waals surface area contributed by atoms with Gasteiger partial charge in [-0.15, -0.1) is 0 Å². The van der Waals surface area contributed by atoms with Crippen LogP contribution in [0.5, 0.6) is 0 Å². The molecule has 1 aromatic carbocycles. The van der Waals surface area contributed by atoms with E-state index in [1.54, 1.807) is 25.1 Å². The molecule has 2 N–H and O–H groups in total. The third-order valence-electron chi connectivity index (χ3n) is 3.82. The van der Waals surface area contributed by atoms with Gasteiger partial charge in [0.1, 0.15) is 6.04 Å². The van der Waals surface area contributed by atoms with E-state index >= 15 is 0 Å². The second-order valence-electron chi connectivity index (χ2n) is 5.61. The summed E-state index contributed by atoms with van der Waals surface area (Å²) in [6, 6.07) is 4.66. The number of nitrogens with one attached hydrogen (secondary N) is 1. The Balaban J connectivity index is 2.11. The number of carbonyl (C=O) groups is 2. The molecule has 1 heterocycles. The van der Waals surface area contributed by atoms with E-state index < -0.39 is 12.0 Å². The van der Waals surface area contributed by atoms with Crippen molar-refractivity contribution in [3.8, 4) is 0 Å². The Bertz CT molecular complexity index is 536. The van der Waals surface area contributed by atoms with Crippen LogP contribution in [0.3, 0.4) is 0 Å². The zero-order valence-corrected chi connectivity index (χ0v) is 12.6. The first-order valence-electron chi connectivity index (χ1n) is 7.38. The van der Waals surface area contributed by atoms with Gasteiger partial charge in [-0.1, -0.05) is 6.07 Å². The molecular weight excluding hydrogens is 268 g/mol. The van der Waals surface area contributed by atoms with Crippen molar-refractivity contribution in [2.24, 2.45) is 0 Å². The number of anilines is 1. The summed E-state index contributed by atoms with van der Waals surface area (Å²) in [4.78, 5) is 25.5. The fourth-order valence-corrected chi connectivity index (χ4v) is 2.65. The molecule has 0 aromatic heterocycles. The van der Waals surface area contributed by atoms with E-state index in [9.17, 15) is 14.7 Å². The van der Waals surface area contributed by atoms with Crippen LogP contribution in [0.1, 0.15) is 42.1 Å². The summed E-state index contributed by atoms with van der Waals surface area (Å²) < 4.78 is 0. The third kappa shape index (κ3) is 3.74. The van der Waals surface area contributed by atoms with E-state index in [0.717, 1.165) is 31.5 Å². The number of nitrogens with zero attached hydrogens (tertiary/aromatic N) is 1. The Morgan fingerprint density at radius 3 is 2.52 bits per heavy atom. The maximum atomic E-state index is 12.4. The van der Waals surface area contributed by atoms with E-state index in [-0.39, 0.29) is 11.5 Å².